The first-order valence-electron chi connectivity index (χ1n) is 8.74. The van der Waals surface area contributed by atoms with Crippen LogP contribution >= 0.6 is 15.9 Å². The fraction of sp³-hybridized carbons (Fsp3) is 0.400. The third-order valence-electron chi connectivity index (χ3n) is 4.59. The molecule has 0 radical (unpaired) electrons. The quantitative estimate of drug-likeness (QED) is 0.739. The van der Waals surface area contributed by atoms with Gasteiger partial charge in [-0.25, -0.2) is 0 Å². The molecule has 1 unspecified atom stereocenters. The van der Waals surface area contributed by atoms with E-state index in [1.807, 2.05) is 26.8 Å². The third kappa shape index (κ3) is 3.85. The van der Waals surface area contributed by atoms with E-state index in [9.17, 15) is 9.59 Å². The first-order chi connectivity index (χ1) is 12.4. The number of Topliss-reactive ketones (excluding diaryl/α,β-unsaturated/α-hetero) is 1. The highest BCUT2D eigenvalue weighted by Gasteiger charge is 2.24. The molecule has 0 spiro atoms. The van der Waals surface area contributed by atoms with E-state index in [1.165, 1.54) is 0 Å². The first kappa shape index (κ1) is 18.7. The van der Waals surface area contributed by atoms with Gasteiger partial charge in [0.2, 0.25) is 0 Å². The second kappa shape index (κ2) is 7.66. The highest BCUT2D eigenvalue weighted by atomic mass is 79.9. The molecule has 1 atom stereocenters. The predicted octanol–water partition coefficient (Wildman–Crippen LogP) is 4.12. The number of aromatic nitrogens is 1. The van der Waals surface area contributed by atoms with Crippen LogP contribution in [0.2, 0.25) is 0 Å². The van der Waals surface area contributed by atoms with Crippen molar-refractivity contribution < 1.29 is 14.3 Å². The molecular formula is C20H22BrNO4. The monoisotopic (exact) mass is 419 g/mol. The van der Waals surface area contributed by atoms with Crippen LogP contribution in [0.15, 0.2) is 27.5 Å². The Kier molecular flexibility index (Phi) is 5.51. The molecular weight excluding hydrogens is 398 g/mol. The fourth-order valence-corrected chi connectivity index (χ4v) is 3.65. The Balaban J connectivity index is 1.77. The van der Waals surface area contributed by atoms with E-state index < -0.39 is 0 Å². The molecule has 0 saturated carbocycles. The summed E-state index contributed by atoms with van der Waals surface area (Å²) in [6, 6.07) is 5.40. The predicted molar refractivity (Wildman–Crippen MR) is 104 cm³/mol. The zero-order chi connectivity index (χ0) is 18.8. The van der Waals surface area contributed by atoms with Gasteiger partial charge in [-0.05, 0) is 66.4 Å². The van der Waals surface area contributed by atoms with Gasteiger partial charge in [-0.3, -0.25) is 9.59 Å². The van der Waals surface area contributed by atoms with Crippen molar-refractivity contribution in [3.05, 3.63) is 55.4 Å². The summed E-state index contributed by atoms with van der Waals surface area (Å²) in [6.07, 6.45) is 1.55. The molecule has 5 nitrogen and oxygen atoms in total. The van der Waals surface area contributed by atoms with Crippen LogP contribution in [-0.4, -0.2) is 23.5 Å². The molecule has 1 aromatic heterocycles. The van der Waals surface area contributed by atoms with Crippen molar-refractivity contribution in [1.29, 1.82) is 0 Å². The maximum atomic E-state index is 12.6. The lowest BCUT2D eigenvalue weighted by atomic mass is 10.00. The number of pyridine rings is 1. The normalized spacial score (nSPS) is 15.8. The van der Waals surface area contributed by atoms with Gasteiger partial charge in [-0.1, -0.05) is 6.92 Å². The molecule has 1 aliphatic rings. The summed E-state index contributed by atoms with van der Waals surface area (Å²) in [5.41, 5.74) is 2.82. The van der Waals surface area contributed by atoms with E-state index in [-0.39, 0.29) is 23.9 Å². The van der Waals surface area contributed by atoms with Gasteiger partial charge in [-0.2, -0.15) is 0 Å². The van der Waals surface area contributed by atoms with E-state index >= 15 is 0 Å². The van der Waals surface area contributed by atoms with Crippen LogP contribution in [0.3, 0.4) is 0 Å². The molecule has 2 heterocycles. The van der Waals surface area contributed by atoms with Crippen LogP contribution in [0.25, 0.3) is 0 Å². The molecule has 0 fully saturated rings. The lowest BCUT2D eigenvalue weighted by Gasteiger charge is -2.27. The first-order valence-corrected chi connectivity index (χ1v) is 9.54. The molecule has 1 aromatic carbocycles. The molecule has 26 heavy (non-hydrogen) atoms. The zero-order valence-electron chi connectivity index (χ0n) is 15.1. The maximum absolute atomic E-state index is 12.6. The standard InChI is InChI=1S/C20H22BrNO4/c1-4-14-10-25-18-9-13(8-16(21)19(18)26-14)17(23)6-5-15-11(2)7-12(3)22-20(15)24/h7-9,14H,4-6,10H2,1-3H3,(H,22,24). The SMILES string of the molecule is CCC1COc2cc(C(=O)CCc3c(C)cc(C)[nH]c3=O)cc(Br)c2O1. The number of carbonyl (C=O) groups excluding carboxylic acids is 1. The van der Waals surface area contributed by atoms with Gasteiger partial charge in [0.05, 0.1) is 4.47 Å². The summed E-state index contributed by atoms with van der Waals surface area (Å²) in [5.74, 6) is 1.19. The molecule has 0 amide bonds. The van der Waals surface area contributed by atoms with E-state index in [4.69, 9.17) is 9.47 Å². The van der Waals surface area contributed by atoms with Gasteiger partial charge in [0.15, 0.2) is 17.3 Å². The lowest BCUT2D eigenvalue weighted by molar-refractivity contribution is 0.0868. The summed E-state index contributed by atoms with van der Waals surface area (Å²) >= 11 is 3.47. The van der Waals surface area contributed by atoms with Gasteiger partial charge in [0, 0.05) is 23.2 Å². The Labute approximate surface area is 160 Å². The highest BCUT2D eigenvalue weighted by molar-refractivity contribution is 9.10. The minimum atomic E-state index is -0.121. The average Bonchev–Trinajstić information content (AvgIpc) is 2.60. The second-order valence-electron chi connectivity index (χ2n) is 6.61. The Morgan fingerprint density at radius 2 is 2.08 bits per heavy atom. The number of H-pyrrole nitrogens is 1. The summed E-state index contributed by atoms with van der Waals surface area (Å²) in [7, 11) is 0. The minimum Gasteiger partial charge on any atom is -0.486 e. The largest absolute Gasteiger partial charge is 0.486 e. The Hall–Kier alpha value is -2.08. The number of hydrogen-bond acceptors (Lipinski definition) is 4. The van der Waals surface area contributed by atoms with E-state index in [0.29, 0.717) is 40.1 Å². The van der Waals surface area contributed by atoms with Gasteiger partial charge in [0.25, 0.3) is 5.56 Å². The Morgan fingerprint density at radius 3 is 2.77 bits per heavy atom. The van der Waals surface area contributed by atoms with Crippen LogP contribution in [0.1, 0.15) is 46.9 Å². The number of ketones is 1. The molecule has 6 heteroatoms. The molecule has 0 aliphatic carbocycles. The number of aryl methyl sites for hydroxylation is 2. The molecule has 3 rings (SSSR count). The number of benzene rings is 1. The highest BCUT2D eigenvalue weighted by Crippen LogP contribution is 2.40. The van der Waals surface area contributed by atoms with Crippen molar-refractivity contribution in [3.63, 3.8) is 0 Å². The van der Waals surface area contributed by atoms with E-state index in [1.54, 1.807) is 12.1 Å². The van der Waals surface area contributed by atoms with Crippen molar-refractivity contribution in [2.45, 2.75) is 46.1 Å². The van der Waals surface area contributed by atoms with Crippen molar-refractivity contribution in [3.8, 4) is 11.5 Å². The van der Waals surface area contributed by atoms with E-state index in [0.717, 1.165) is 17.7 Å². The van der Waals surface area contributed by atoms with Crippen LogP contribution < -0.4 is 15.0 Å². The summed E-state index contributed by atoms with van der Waals surface area (Å²) in [4.78, 5) is 27.5. The lowest BCUT2D eigenvalue weighted by Crippen LogP contribution is -2.28. The average molecular weight is 420 g/mol. The Bertz CT molecular complexity index is 903. The number of aromatic amines is 1. The Morgan fingerprint density at radius 1 is 1.31 bits per heavy atom. The van der Waals surface area contributed by atoms with Crippen LogP contribution in [0, 0.1) is 13.8 Å². The molecule has 1 N–H and O–H groups in total. The summed E-state index contributed by atoms with van der Waals surface area (Å²) in [5, 5.41) is 0. The van der Waals surface area contributed by atoms with Crippen molar-refractivity contribution in [2.24, 2.45) is 0 Å². The number of ether oxygens (including phenoxy) is 2. The smallest absolute Gasteiger partial charge is 0.251 e. The number of fused-ring (bicyclic) bond motifs is 1. The van der Waals surface area contributed by atoms with Gasteiger partial charge < -0.3 is 14.5 Å². The minimum absolute atomic E-state index is 0.0246. The van der Waals surface area contributed by atoms with Gasteiger partial charge in [-0.15, -0.1) is 0 Å². The molecule has 138 valence electrons. The molecule has 1 aliphatic heterocycles. The number of hydrogen-bond donors (Lipinski definition) is 1. The topological polar surface area (TPSA) is 68.4 Å². The van der Waals surface area contributed by atoms with Crippen molar-refractivity contribution >= 4 is 21.7 Å². The fourth-order valence-electron chi connectivity index (χ4n) is 3.11. The number of rotatable bonds is 5. The maximum Gasteiger partial charge on any atom is 0.251 e. The number of nitrogens with one attached hydrogen (secondary N) is 1. The number of halogens is 1. The summed E-state index contributed by atoms with van der Waals surface area (Å²) in [6.45, 7) is 6.26. The number of carbonyl (C=O) groups is 1. The van der Waals surface area contributed by atoms with Crippen LogP contribution in [0.5, 0.6) is 11.5 Å². The van der Waals surface area contributed by atoms with Gasteiger partial charge in [0.1, 0.15) is 12.7 Å². The van der Waals surface area contributed by atoms with Crippen LogP contribution in [-0.2, 0) is 6.42 Å². The van der Waals surface area contributed by atoms with Crippen molar-refractivity contribution in [2.75, 3.05) is 6.61 Å². The molecule has 0 bridgehead atoms. The second-order valence-corrected chi connectivity index (χ2v) is 7.46. The van der Waals surface area contributed by atoms with Crippen molar-refractivity contribution in [1.82, 2.24) is 4.98 Å². The van der Waals surface area contributed by atoms with Gasteiger partial charge >= 0.3 is 0 Å². The van der Waals surface area contributed by atoms with Crippen LogP contribution in [0.4, 0.5) is 0 Å². The zero-order valence-corrected chi connectivity index (χ0v) is 16.7. The molecule has 2 aromatic rings. The third-order valence-corrected chi connectivity index (χ3v) is 5.18. The van der Waals surface area contributed by atoms with E-state index in [2.05, 4.69) is 20.9 Å². The molecule has 0 saturated heterocycles. The summed E-state index contributed by atoms with van der Waals surface area (Å²) < 4.78 is 12.3.